The predicted octanol–water partition coefficient (Wildman–Crippen LogP) is 0.833. The molecule has 2 heterocycles. The lowest BCUT2D eigenvalue weighted by atomic mass is 10.1. The third-order valence-corrected chi connectivity index (χ3v) is 2.38. The minimum Gasteiger partial charge on any atom is -0.481 e. The molecule has 2 aromatic heterocycles. The molecule has 0 saturated carbocycles. The number of nitrogens with zero attached hydrogens (tertiary/aromatic N) is 2. The average Bonchev–Trinajstić information content (AvgIpc) is 2.38. The molecule has 0 aliphatic carbocycles. The van der Waals surface area contributed by atoms with Gasteiger partial charge in [0, 0.05) is 12.3 Å². The van der Waals surface area contributed by atoms with E-state index in [1.54, 1.807) is 24.3 Å². The molecule has 2 rings (SSSR count). The Labute approximate surface area is 104 Å². The smallest absolute Gasteiger partial charge is 0.267 e. The van der Waals surface area contributed by atoms with Crippen LogP contribution < -0.4 is 16.2 Å². The van der Waals surface area contributed by atoms with E-state index in [1.807, 2.05) is 0 Å². The van der Waals surface area contributed by atoms with Gasteiger partial charge >= 0.3 is 0 Å². The van der Waals surface area contributed by atoms with Crippen LogP contribution in [0.3, 0.4) is 0 Å². The number of carbonyl (C=O) groups excluding carboxylic acids is 1. The number of anilines is 1. The molecule has 1 amide bonds. The van der Waals surface area contributed by atoms with E-state index >= 15 is 0 Å². The molecule has 0 spiro atoms. The number of hydrogen-bond donors (Lipinski definition) is 2. The van der Waals surface area contributed by atoms with E-state index in [0.29, 0.717) is 11.7 Å². The topological polar surface area (TPSA) is 104 Å². The van der Waals surface area contributed by atoms with E-state index < -0.39 is 5.91 Å². The van der Waals surface area contributed by atoms with Crippen LogP contribution in [-0.4, -0.2) is 23.0 Å². The van der Waals surface area contributed by atoms with Gasteiger partial charge in [0.25, 0.3) is 5.91 Å². The molecule has 0 bridgehead atoms. The molecule has 0 aromatic carbocycles. The molecule has 0 fully saturated rings. The first-order valence-electron chi connectivity index (χ1n) is 5.18. The zero-order valence-electron chi connectivity index (χ0n) is 9.75. The van der Waals surface area contributed by atoms with Gasteiger partial charge in [-0.05, 0) is 29.3 Å². The third kappa shape index (κ3) is 2.37. The number of carbonyl (C=O) groups is 1. The van der Waals surface area contributed by atoms with Crippen molar-refractivity contribution in [2.24, 2.45) is 5.73 Å². The summed E-state index contributed by atoms with van der Waals surface area (Å²) in [7, 11) is 1.51. The zero-order valence-corrected chi connectivity index (χ0v) is 9.75. The third-order valence-electron chi connectivity index (χ3n) is 2.38. The number of rotatable bonds is 3. The molecule has 2 aromatic rings. The Bertz CT molecular complexity index is 598. The highest BCUT2D eigenvalue weighted by molar-refractivity contribution is 5.92. The minimum atomic E-state index is -0.578. The molecule has 0 aliphatic rings. The van der Waals surface area contributed by atoms with Gasteiger partial charge in [-0.2, -0.15) is 4.98 Å². The lowest BCUT2D eigenvalue weighted by Gasteiger charge is -2.06. The monoisotopic (exact) mass is 244 g/mol. The van der Waals surface area contributed by atoms with Crippen LogP contribution >= 0.6 is 0 Å². The molecule has 0 unspecified atom stereocenters. The normalized spacial score (nSPS) is 10.1. The van der Waals surface area contributed by atoms with Crippen LogP contribution in [0.4, 0.5) is 5.82 Å². The van der Waals surface area contributed by atoms with Crippen molar-refractivity contribution in [2.75, 3.05) is 12.8 Å². The van der Waals surface area contributed by atoms with Crippen molar-refractivity contribution < 1.29 is 9.53 Å². The zero-order chi connectivity index (χ0) is 13.1. The van der Waals surface area contributed by atoms with Crippen LogP contribution in [0.15, 0.2) is 30.5 Å². The average molecular weight is 244 g/mol. The fourth-order valence-corrected chi connectivity index (χ4v) is 1.54. The van der Waals surface area contributed by atoms with E-state index in [9.17, 15) is 4.79 Å². The van der Waals surface area contributed by atoms with Gasteiger partial charge in [0.2, 0.25) is 5.88 Å². The second-order valence-electron chi connectivity index (χ2n) is 3.62. The first-order chi connectivity index (χ1) is 8.60. The van der Waals surface area contributed by atoms with E-state index in [2.05, 4.69) is 9.97 Å². The quantitative estimate of drug-likeness (QED) is 0.832. The molecule has 6 heteroatoms. The highest BCUT2D eigenvalue weighted by atomic mass is 16.5. The molecule has 92 valence electrons. The van der Waals surface area contributed by atoms with Gasteiger partial charge in [-0.25, -0.2) is 0 Å². The SMILES string of the molecule is COc1cc(-c2ccnc(C(N)=O)c2)cc(N)n1. The Balaban J connectivity index is 2.51. The molecule has 0 aliphatic heterocycles. The number of pyridine rings is 2. The van der Waals surface area contributed by atoms with Crippen molar-refractivity contribution in [3.8, 4) is 17.0 Å². The van der Waals surface area contributed by atoms with Crippen molar-refractivity contribution in [2.45, 2.75) is 0 Å². The maximum atomic E-state index is 11.1. The van der Waals surface area contributed by atoms with Gasteiger partial charge in [0.15, 0.2) is 0 Å². The second-order valence-corrected chi connectivity index (χ2v) is 3.62. The fraction of sp³-hybridized carbons (Fsp3) is 0.0833. The highest BCUT2D eigenvalue weighted by Crippen LogP contribution is 2.24. The summed E-state index contributed by atoms with van der Waals surface area (Å²) in [5, 5.41) is 0. The molecule has 18 heavy (non-hydrogen) atoms. The Hall–Kier alpha value is -2.63. The Kier molecular flexibility index (Phi) is 3.09. The first-order valence-corrected chi connectivity index (χ1v) is 5.18. The van der Waals surface area contributed by atoms with Crippen LogP contribution in [-0.2, 0) is 0 Å². The van der Waals surface area contributed by atoms with Crippen LogP contribution in [0.25, 0.3) is 11.1 Å². The van der Waals surface area contributed by atoms with Crippen molar-refractivity contribution in [1.82, 2.24) is 9.97 Å². The number of hydrogen-bond acceptors (Lipinski definition) is 5. The van der Waals surface area contributed by atoms with Crippen LogP contribution in [0.1, 0.15) is 10.5 Å². The van der Waals surface area contributed by atoms with Crippen LogP contribution in [0.5, 0.6) is 5.88 Å². The summed E-state index contributed by atoms with van der Waals surface area (Å²) in [6, 6.07) is 6.75. The maximum absolute atomic E-state index is 11.1. The molecule has 4 N–H and O–H groups in total. The van der Waals surface area contributed by atoms with E-state index in [-0.39, 0.29) is 5.69 Å². The highest BCUT2D eigenvalue weighted by Gasteiger charge is 2.07. The summed E-state index contributed by atoms with van der Waals surface area (Å²) >= 11 is 0. The van der Waals surface area contributed by atoms with Crippen molar-refractivity contribution in [3.63, 3.8) is 0 Å². The van der Waals surface area contributed by atoms with Gasteiger partial charge in [-0.3, -0.25) is 9.78 Å². The summed E-state index contributed by atoms with van der Waals surface area (Å²) in [6.07, 6.45) is 1.51. The number of nitrogens with two attached hydrogens (primary N) is 2. The van der Waals surface area contributed by atoms with E-state index in [1.165, 1.54) is 13.3 Å². The van der Waals surface area contributed by atoms with Gasteiger partial charge < -0.3 is 16.2 Å². The van der Waals surface area contributed by atoms with Crippen molar-refractivity contribution in [3.05, 3.63) is 36.2 Å². The molecule has 0 saturated heterocycles. The summed E-state index contributed by atoms with van der Waals surface area (Å²) < 4.78 is 5.04. The summed E-state index contributed by atoms with van der Waals surface area (Å²) in [5.41, 5.74) is 12.6. The lowest BCUT2D eigenvalue weighted by molar-refractivity contribution is 0.0995. The minimum absolute atomic E-state index is 0.196. The van der Waals surface area contributed by atoms with Crippen molar-refractivity contribution >= 4 is 11.7 Å². The number of methoxy groups -OCH3 is 1. The molecular weight excluding hydrogens is 232 g/mol. The number of primary amides is 1. The van der Waals surface area contributed by atoms with Gasteiger partial charge in [-0.1, -0.05) is 0 Å². The Morgan fingerprint density at radius 1 is 1.28 bits per heavy atom. The number of amides is 1. The standard InChI is InChI=1S/C12H12N4O2/c1-18-11-6-8(5-10(13)16-11)7-2-3-15-9(4-7)12(14)17/h2-6H,1H3,(H2,13,16)(H2,14,17). The molecule has 0 radical (unpaired) electrons. The summed E-state index contributed by atoms with van der Waals surface area (Å²) in [6.45, 7) is 0. The molecule has 0 atom stereocenters. The van der Waals surface area contributed by atoms with Gasteiger partial charge in [0.1, 0.15) is 11.5 Å². The van der Waals surface area contributed by atoms with Crippen molar-refractivity contribution in [1.29, 1.82) is 0 Å². The number of ether oxygens (including phenoxy) is 1. The van der Waals surface area contributed by atoms with Crippen LogP contribution in [0, 0.1) is 0 Å². The Morgan fingerprint density at radius 3 is 2.72 bits per heavy atom. The largest absolute Gasteiger partial charge is 0.481 e. The second kappa shape index (κ2) is 4.70. The van der Waals surface area contributed by atoms with Gasteiger partial charge in [-0.15, -0.1) is 0 Å². The number of nitrogen functional groups attached to an aromatic ring is 1. The predicted molar refractivity (Wildman–Crippen MR) is 67.0 cm³/mol. The maximum Gasteiger partial charge on any atom is 0.267 e. The molecule has 6 nitrogen and oxygen atoms in total. The Morgan fingerprint density at radius 2 is 2.06 bits per heavy atom. The summed E-state index contributed by atoms with van der Waals surface area (Å²) in [5.74, 6) is 0.162. The molecular formula is C12H12N4O2. The van der Waals surface area contributed by atoms with E-state index in [4.69, 9.17) is 16.2 Å². The summed E-state index contributed by atoms with van der Waals surface area (Å²) in [4.78, 5) is 18.9. The first kappa shape index (κ1) is 11.8. The van der Waals surface area contributed by atoms with Gasteiger partial charge in [0.05, 0.1) is 7.11 Å². The fourth-order valence-electron chi connectivity index (χ4n) is 1.54. The number of aromatic nitrogens is 2. The van der Waals surface area contributed by atoms with Crippen LogP contribution in [0.2, 0.25) is 0 Å². The van der Waals surface area contributed by atoms with E-state index in [0.717, 1.165) is 11.1 Å². The lowest BCUT2D eigenvalue weighted by Crippen LogP contribution is -2.12.